The van der Waals surface area contributed by atoms with Gasteiger partial charge in [0.25, 0.3) is 0 Å². The van der Waals surface area contributed by atoms with Crippen molar-refractivity contribution in [2.45, 2.75) is 49.9 Å². The van der Waals surface area contributed by atoms with Gasteiger partial charge in [0.05, 0.1) is 18.5 Å². The number of hydrogen-bond donors (Lipinski definition) is 8. The Balaban J connectivity index is 0.000000194. The van der Waals surface area contributed by atoms with Gasteiger partial charge in [0.1, 0.15) is 0 Å². The van der Waals surface area contributed by atoms with E-state index in [4.69, 9.17) is 22.9 Å². The molecule has 0 aromatic heterocycles. The number of nitrogens with two attached hydrogens (primary N) is 4. The molecule has 29 heavy (non-hydrogen) atoms. The topological polar surface area (TPSA) is 238 Å². The van der Waals surface area contributed by atoms with Crippen molar-refractivity contribution in [3.05, 3.63) is 0 Å². The van der Waals surface area contributed by atoms with E-state index in [2.05, 4.69) is 21.3 Å². The van der Waals surface area contributed by atoms with E-state index >= 15 is 0 Å². The Morgan fingerprint density at radius 2 is 1.14 bits per heavy atom. The molecule has 0 spiro atoms. The molecule has 12 N–H and O–H groups in total. The predicted molar refractivity (Wildman–Crippen MR) is 103 cm³/mol. The van der Waals surface area contributed by atoms with Crippen molar-refractivity contribution >= 4 is 29.5 Å². The van der Waals surface area contributed by atoms with Crippen molar-refractivity contribution in [3.63, 3.8) is 0 Å². The zero-order valence-corrected chi connectivity index (χ0v) is 16.1. The monoisotopic (exact) mass is 414 g/mol. The van der Waals surface area contributed by atoms with Crippen LogP contribution in [0.2, 0.25) is 0 Å². The molecule has 13 heteroatoms. The number of rotatable bonds is 0. The highest BCUT2D eigenvalue weighted by Crippen LogP contribution is 1.96. The van der Waals surface area contributed by atoms with Crippen LogP contribution >= 0.6 is 0 Å². The summed E-state index contributed by atoms with van der Waals surface area (Å²) in [5.74, 6) is -0.502. The number of nitrogens with one attached hydrogen (secondary N) is 4. The maximum atomic E-state index is 10.3. The van der Waals surface area contributed by atoms with Gasteiger partial charge in [-0.05, 0) is 6.42 Å². The summed E-state index contributed by atoms with van der Waals surface area (Å²) in [5, 5.41) is 9.88. The largest absolute Gasteiger partial charge is 0.355 e. The number of carbonyl (C=O) groups excluding carboxylic acids is 5. The van der Waals surface area contributed by atoms with E-state index in [-0.39, 0.29) is 54.1 Å². The molecule has 0 aliphatic carbocycles. The molecule has 4 aliphatic heterocycles. The van der Waals surface area contributed by atoms with Gasteiger partial charge in [-0.1, -0.05) is 0 Å². The minimum Gasteiger partial charge on any atom is -0.355 e. The smallest absolute Gasteiger partial charge is 0.243 e. The van der Waals surface area contributed by atoms with Crippen LogP contribution in [0.1, 0.15) is 25.7 Å². The molecule has 4 atom stereocenters. The first-order chi connectivity index (χ1) is 13.6. The van der Waals surface area contributed by atoms with Crippen LogP contribution in [-0.4, -0.2) is 73.3 Å². The Morgan fingerprint density at radius 1 is 0.621 bits per heavy atom. The van der Waals surface area contributed by atoms with Crippen LogP contribution in [0.15, 0.2) is 0 Å². The number of carbonyl (C=O) groups is 5. The number of imide groups is 1. The first-order valence-electron chi connectivity index (χ1n) is 9.25. The van der Waals surface area contributed by atoms with E-state index in [1.54, 1.807) is 0 Å². The van der Waals surface area contributed by atoms with Crippen LogP contribution in [0.3, 0.4) is 0 Å². The summed E-state index contributed by atoms with van der Waals surface area (Å²) in [5.41, 5.74) is 21.1. The minimum atomic E-state index is -0.609. The Hall–Kier alpha value is -2.61. The predicted octanol–water partition coefficient (Wildman–Crippen LogP) is -5.14. The summed E-state index contributed by atoms with van der Waals surface area (Å²) < 4.78 is 0. The highest BCUT2D eigenvalue weighted by molar-refractivity contribution is 6.05. The van der Waals surface area contributed by atoms with E-state index in [9.17, 15) is 24.0 Å². The summed E-state index contributed by atoms with van der Waals surface area (Å²) >= 11 is 0. The lowest BCUT2D eigenvalue weighted by Gasteiger charge is -1.91. The van der Waals surface area contributed by atoms with Crippen molar-refractivity contribution in [3.8, 4) is 0 Å². The van der Waals surface area contributed by atoms with Crippen molar-refractivity contribution in [1.82, 2.24) is 21.3 Å². The van der Waals surface area contributed by atoms with Gasteiger partial charge in [-0.25, -0.2) is 0 Å². The first kappa shape index (κ1) is 24.4. The molecule has 0 bridgehead atoms. The lowest BCUT2D eigenvalue weighted by atomic mass is 10.3. The fraction of sp³-hybridized carbons (Fsp3) is 0.688. The highest BCUT2D eigenvalue weighted by atomic mass is 16.2. The van der Waals surface area contributed by atoms with Crippen molar-refractivity contribution in [1.29, 1.82) is 0 Å². The maximum Gasteiger partial charge on any atom is 0.243 e. The summed E-state index contributed by atoms with van der Waals surface area (Å²) in [7, 11) is 0. The molecular formula is C16H30N8O5. The average Bonchev–Trinajstić information content (AvgIpc) is 3.37. The van der Waals surface area contributed by atoms with Gasteiger partial charge in [0.15, 0.2) is 0 Å². The van der Waals surface area contributed by atoms with E-state index < -0.39 is 6.04 Å². The average molecular weight is 414 g/mol. The second kappa shape index (κ2) is 12.1. The van der Waals surface area contributed by atoms with Gasteiger partial charge >= 0.3 is 0 Å². The lowest BCUT2D eigenvalue weighted by molar-refractivity contribution is -0.125. The van der Waals surface area contributed by atoms with E-state index in [1.807, 2.05) is 0 Å². The second-order valence-electron chi connectivity index (χ2n) is 6.95. The molecule has 5 amide bonds. The summed E-state index contributed by atoms with van der Waals surface area (Å²) in [4.78, 5) is 51.4. The van der Waals surface area contributed by atoms with Crippen molar-refractivity contribution in [2.24, 2.45) is 22.9 Å². The van der Waals surface area contributed by atoms with Gasteiger partial charge in [-0.15, -0.1) is 0 Å². The molecule has 4 rings (SSSR count). The van der Waals surface area contributed by atoms with Crippen LogP contribution in [0.5, 0.6) is 0 Å². The lowest BCUT2D eigenvalue weighted by Crippen LogP contribution is -2.30. The van der Waals surface area contributed by atoms with Crippen LogP contribution < -0.4 is 44.2 Å². The third kappa shape index (κ3) is 9.94. The van der Waals surface area contributed by atoms with Gasteiger partial charge in [-0.2, -0.15) is 0 Å². The fourth-order valence-electron chi connectivity index (χ4n) is 2.44. The molecule has 2 unspecified atom stereocenters. The van der Waals surface area contributed by atoms with Crippen LogP contribution in [0, 0.1) is 0 Å². The third-order valence-electron chi connectivity index (χ3n) is 4.11. The summed E-state index contributed by atoms with van der Waals surface area (Å²) in [6.45, 7) is 2.05. The molecule has 0 aromatic carbocycles. The molecular weight excluding hydrogens is 384 g/mol. The van der Waals surface area contributed by atoms with E-state index in [0.717, 1.165) is 13.0 Å². The number of amides is 5. The Morgan fingerprint density at radius 3 is 1.24 bits per heavy atom. The van der Waals surface area contributed by atoms with Crippen LogP contribution in [-0.2, 0) is 24.0 Å². The van der Waals surface area contributed by atoms with Gasteiger partial charge in [0.2, 0.25) is 29.5 Å². The van der Waals surface area contributed by atoms with Crippen molar-refractivity contribution in [2.75, 3.05) is 19.6 Å². The van der Waals surface area contributed by atoms with Crippen LogP contribution in [0.4, 0.5) is 0 Å². The zero-order chi connectivity index (χ0) is 22.0. The first-order valence-corrected chi connectivity index (χ1v) is 9.25. The number of hydrogen-bond acceptors (Lipinski definition) is 9. The molecule has 4 aliphatic rings. The Kier molecular flexibility index (Phi) is 10.2. The molecule has 4 fully saturated rings. The zero-order valence-electron chi connectivity index (χ0n) is 16.1. The van der Waals surface area contributed by atoms with Crippen molar-refractivity contribution < 1.29 is 24.0 Å². The molecule has 0 radical (unpaired) electrons. The quantitative estimate of drug-likeness (QED) is 0.176. The maximum absolute atomic E-state index is 10.3. The highest BCUT2D eigenvalue weighted by Gasteiger charge is 2.26. The normalized spacial score (nSPS) is 29.9. The SMILES string of the molecule is NC1CC(=O)NC1=O.NC1CNC(=O)C1.N[C@H]1CCNC1=O.N[C@H]1CNC(=O)C1. The molecule has 4 heterocycles. The fourth-order valence-corrected chi connectivity index (χ4v) is 2.44. The molecule has 13 nitrogen and oxygen atoms in total. The minimum absolute atomic E-state index is 0.0139. The van der Waals surface area contributed by atoms with E-state index in [1.165, 1.54) is 0 Å². The summed E-state index contributed by atoms with van der Waals surface area (Å²) in [6.07, 6.45) is 1.93. The van der Waals surface area contributed by atoms with Gasteiger partial charge < -0.3 is 38.9 Å². The summed E-state index contributed by atoms with van der Waals surface area (Å²) in [6, 6.07) is -0.720. The molecule has 4 saturated heterocycles. The standard InChI is InChI=1S/C4H6N2O2.3C4H8N2O/c5-2-1-3(7)6-4(2)8;2*5-3-1-4(7)6-2-3;5-3-1-2-6-4(3)7/h2H,1,5H2,(H,6,7,8);3*3H,1-2,5H2,(H,6,7)/t;3-;;3-/m.1.0/s1. The Labute approximate surface area is 168 Å². The third-order valence-corrected chi connectivity index (χ3v) is 4.11. The molecule has 0 aromatic rings. The van der Waals surface area contributed by atoms with Gasteiger partial charge in [-0.3, -0.25) is 29.3 Å². The van der Waals surface area contributed by atoms with E-state index in [0.29, 0.717) is 25.9 Å². The Bertz CT molecular complexity index is 604. The molecule has 0 saturated carbocycles. The van der Waals surface area contributed by atoms with Crippen LogP contribution in [0.25, 0.3) is 0 Å². The molecule has 164 valence electrons. The second-order valence-corrected chi connectivity index (χ2v) is 6.95. The van der Waals surface area contributed by atoms with Gasteiger partial charge in [0, 0.05) is 44.6 Å².